The Balaban J connectivity index is 1.73. The van der Waals surface area contributed by atoms with Crippen molar-refractivity contribution in [2.24, 2.45) is 0 Å². The molecular weight excluding hydrogens is 267 g/mol. The average Bonchev–Trinajstić information content (AvgIpc) is 3.23. The zero-order valence-electron chi connectivity index (χ0n) is 12.1. The second kappa shape index (κ2) is 5.49. The molecule has 21 heavy (non-hydrogen) atoms. The third-order valence-corrected chi connectivity index (χ3v) is 3.74. The smallest absolute Gasteiger partial charge is 0.123 e. The van der Waals surface area contributed by atoms with Crippen molar-refractivity contribution in [1.82, 2.24) is 0 Å². The molecule has 0 aromatic heterocycles. The fourth-order valence-corrected chi connectivity index (χ4v) is 2.42. The van der Waals surface area contributed by atoms with E-state index in [1.807, 2.05) is 30.3 Å². The van der Waals surface area contributed by atoms with Crippen LogP contribution >= 0.6 is 0 Å². The number of hydrogen-bond acceptors (Lipinski definition) is 2. The molecule has 0 heterocycles. The number of aliphatic hydroxyl groups is 1. The van der Waals surface area contributed by atoms with Crippen LogP contribution in [0.2, 0.25) is 0 Å². The molecular formula is C18H19FO2. The van der Waals surface area contributed by atoms with E-state index >= 15 is 0 Å². The highest BCUT2D eigenvalue weighted by atomic mass is 19.1. The van der Waals surface area contributed by atoms with Gasteiger partial charge in [-0.3, -0.25) is 0 Å². The minimum atomic E-state index is -1.04. The van der Waals surface area contributed by atoms with E-state index < -0.39 is 5.60 Å². The van der Waals surface area contributed by atoms with Gasteiger partial charge in [-0.25, -0.2) is 4.39 Å². The van der Waals surface area contributed by atoms with Gasteiger partial charge in [0.1, 0.15) is 11.6 Å². The van der Waals surface area contributed by atoms with Crippen molar-refractivity contribution in [3.63, 3.8) is 0 Å². The molecule has 3 rings (SSSR count). The van der Waals surface area contributed by atoms with E-state index in [0.717, 1.165) is 29.7 Å². The van der Waals surface area contributed by atoms with Gasteiger partial charge in [0.2, 0.25) is 0 Å². The molecule has 0 amide bonds. The fourth-order valence-electron chi connectivity index (χ4n) is 2.42. The van der Waals surface area contributed by atoms with Crippen LogP contribution in [0, 0.1) is 5.82 Å². The molecule has 1 fully saturated rings. The Bertz CT molecular complexity index is 615. The Hall–Kier alpha value is -1.87. The first-order valence-electron chi connectivity index (χ1n) is 7.27. The lowest BCUT2D eigenvalue weighted by molar-refractivity contribution is 0.0575. The molecule has 1 unspecified atom stereocenters. The zero-order chi connectivity index (χ0) is 14.9. The van der Waals surface area contributed by atoms with Crippen LogP contribution in [0.1, 0.15) is 30.9 Å². The second-order valence-corrected chi connectivity index (χ2v) is 5.92. The van der Waals surface area contributed by atoms with Gasteiger partial charge in [0.25, 0.3) is 0 Å². The summed E-state index contributed by atoms with van der Waals surface area (Å²) in [6.45, 7) is 1.74. The summed E-state index contributed by atoms with van der Waals surface area (Å²) in [5, 5.41) is 10.7. The van der Waals surface area contributed by atoms with Crippen LogP contribution in [-0.2, 0) is 12.0 Å². The van der Waals surface area contributed by atoms with Crippen molar-refractivity contribution in [2.75, 3.05) is 0 Å². The molecule has 1 saturated carbocycles. The van der Waals surface area contributed by atoms with Crippen molar-refractivity contribution >= 4 is 0 Å². The summed E-state index contributed by atoms with van der Waals surface area (Å²) >= 11 is 0. The highest BCUT2D eigenvalue weighted by molar-refractivity contribution is 5.32. The van der Waals surface area contributed by atoms with Gasteiger partial charge >= 0.3 is 0 Å². The lowest BCUT2D eigenvalue weighted by atomic mass is 9.89. The Morgan fingerprint density at radius 3 is 2.52 bits per heavy atom. The molecule has 1 aliphatic carbocycles. The summed E-state index contributed by atoms with van der Waals surface area (Å²) in [5.74, 6) is 0.555. The van der Waals surface area contributed by atoms with Crippen LogP contribution in [-0.4, -0.2) is 11.2 Å². The van der Waals surface area contributed by atoms with Gasteiger partial charge in [0.05, 0.1) is 11.7 Å². The van der Waals surface area contributed by atoms with Crippen LogP contribution in [0.15, 0.2) is 48.5 Å². The topological polar surface area (TPSA) is 29.5 Å². The normalized spacial score (nSPS) is 17.3. The molecule has 1 aliphatic rings. The number of benzene rings is 2. The van der Waals surface area contributed by atoms with Gasteiger partial charge in [-0.1, -0.05) is 24.3 Å². The Morgan fingerprint density at radius 2 is 1.90 bits per heavy atom. The van der Waals surface area contributed by atoms with Crippen LogP contribution in [0.4, 0.5) is 4.39 Å². The van der Waals surface area contributed by atoms with Crippen LogP contribution in [0.25, 0.3) is 0 Å². The third-order valence-electron chi connectivity index (χ3n) is 3.74. The van der Waals surface area contributed by atoms with E-state index in [1.165, 1.54) is 12.1 Å². The number of rotatable bonds is 5. The monoisotopic (exact) mass is 286 g/mol. The van der Waals surface area contributed by atoms with Gasteiger partial charge in [-0.15, -0.1) is 0 Å². The maximum atomic E-state index is 13.2. The van der Waals surface area contributed by atoms with Crippen molar-refractivity contribution < 1.29 is 14.2 Å². The molecule has 0 spiro atoms. The number of ether oxygens (including phenoxy) is 1. The van der Waals surface area contributed by atoms with Crippen LogP contribution in [0.3, 0.4) is 0 Å². The van der Waals surface area contributed by atoms with E-state index in [2.05, 4.69) is 0 Å². The Morgan fingerprint density at radius 1 is 1.19 bits per heavy atom. The Labute approximate surface area is 124 Å². The molecule has 0 saturated heterocycles. The highest BCUT2D eigenvalue weighted by Gasteiger charge is 2.25. The first-order valence-corrected chi connectivity index (χ1v) is 7.27. The zero-order valence-corrected chi connectivity index (χ0v) is 12.1. The summed E-state index contributed by atoms with van der Waals surface area (Å²) in [7, 11) is 0. The lowest BCUT2D eigenvalue weighted by Crippen LogP contribution is -2.24. The number of hydrogen-bond donors (Lipinski definition) is 1. The highest BCUT2D eigenvalue weighted by Crippen LogP contribution is 2.30. The van der Waals surface area contributed by atoms with Gasteiger partial charge in [-0.05, 0) is 55.2 Å². The standard InChI is InChI=1S/C18H19FO2/c1-18(20,12-13-3-2-4-15(19)11-13)14-5-7-16(8-6-14)21-17-9-10-17/h2-8,11,17,20H,9-10,12H2,1H3. The molecule has 3 heteroatoms. The summed E-state index contributed by atoms with van der Waals surface area (Å²) in [4.78, 5) is 0. The molecule has 110 valence electrons. The molecule has 2 aromatic rings. The molecule has 1 atom stereocenters. The van der Waals surface area contributed by atoms with Crippen LogP contribution < -0.4 is 4.74 Å². The van der Waals surface area contributed by atoms with Crippen molar-refractivity contribution in [3.8, 4) is 5.75 Å². The third kappa shape index (κ3) is 3.61. The molecule has 0 aliphatic heterocycles. The maximum absolute atomic E-state index is 13.2. The van der Waals surface area contributed by atoms with Crippen molar-refractivity contribution in [1.29, 1.82) is 0 Å². The van der Waals surface area contributed by atoms with E-state index in [0.29, 0.717) is 12.5 Å². The van der Waals surface area contributed by atoms with Crippen molar-refractivity contribution in [2.45, 2.75) is 37.9 Å². The molecule has 0 radical (unpaired) electrons. The lowest BCUT2D eigenvalue weighted by Gasteiger charge is -2.24. The minimum absolute atomic E-state index is 0.281. The second-order valence-electron chi connectivity index (χ2n) is 5.92. The SMILES string of the molecule is CC(O)(Cc1cccc(F)c1)c1ccc(OC2CC2)cc1. The summed E-state index contributed by atoms with van der Waals surface area (Å²) in [6, 6.07) is 13.9. The van der Waals surface area contributed by atoms with Gasteiger partial charge in [-0.2, -0.15) is 0 Å². The van der Waals surface area contributed by atoms with Crippen LogP contribution in [0.5, 0.6) is 5.75 Å². The quantitative estimate of drug-likeness (QED) is 0.905. The summed E-state index contributed by atoms with van der Waals surface area (Å²) in [6.07, 6.45) is 2.98. The predicted octanol–water partition coefficient (Wildman–Crippen LogP) is 3.82. The number of halogens is 1. The maximum Gasteiger partial charge on any atom is 0.123 e. The van der Waals surface area contributed by atoms with Gasteiger partial charge in [0, 0.05) is 6.42 Å². The first-order chi connectivity index (χ1) is 10.0. The van der Waals surface area contributed by atoms with Crippen molar-refractivity contribution in [3.05, 3.63) is 65.5 Å². The fraction of sp³-hybridized carbons (Fsp3) is 0.333. The van der Waals surface area contributed by atoms with E-state index in [1.54, 1.807) is 13.0 Å². The summed E-state index contributed by atoms with van der Waals surface area (Å²) < 4.78 is 18.9. The molecule has 2 nitrogen and oxygen atoms in total. The predicted molar refractivity (Wildman–Crippen MR) is 79.8 cm³/mol. The molecule has 2 aromatic carbocycles. The van der Waals surface area contributed by atoms with E-state index in [-0.39, 0.29) is 5.82 Å². The van der Waals surface area contributed by atoms with Gasteiger partial charge < -0.3 is 9.84 Å². The van der Waals surface area contributed by atoms with Gasteiger partial charge in [0.15, 0.2) is 0 Å². The molecule has 1 N–H and O–H groups in total. The first kappa shape index (κ1) is 14.1. The average molecular weight is 286 g/mol. The largest absolute Gasteiger partial charge is 0.490 e. The molecule has 0 bridgehead atoms. The van der Waals surface area contributed by atoms with E-state index in [9.17, 15) is 9.50 Å². The van der Waals surface area contributed by atoms with E-state index in [4.69, 9.17) is 4.74 Å². The summed E-state index contributed by atoms with van der Waals surface area (Å²) in [5.41, 5.74) is 0.541. The Kier molecular flexibility index (Phi) is 3.68. The minimum Gasteiger partial charge on any atom is -0.490 e.